The first-order valence-electron chi connectivity index (χ1n) is 14.1. The number of aromatic amines is 1. The van der Waals surface area contributed by atoms with Gasteiger partial charge in [0, 0.05) is 42.5 Å². The zero-order valence-electron chi connectivity index (χ0n) is 22.4. The molecule has 1 aliphatic rings. The van der Waals surface area contributed by atoms with Crippen molar-refractivity contribution in [3.05, 3.63) is 101 Å². The van der Waals surface area contributed by atoms with Gasteiger partial charge in [0.05, 0.1) is 0 Å². The molecular weight excluding hydrogens is 470 g/mol. The number of carbonyl (C=O) groups excluding carboxylic acids is 1. The zero-order valence-corrected chi connectivity index (χ0v) is 22.4. The molecule has 5 heteroatoms. The van der Waals surface area contributed by atoms with Crippen molar-refractivity contribution in [1.29, 1.82) is 0 Å². The highest BCUT2D eigenvalue weighted by molar-refractivity contribution is 5.88. The van der Waals surface area contributed by atoms with Gasteiger partial charge in [0.2, 0.25) is 5.91 Å². The molecule has 2 heterocycles. The maximum absolute atomic E-state index is 13.2. The van der Waals surface area contributed by atoms with Crippen LogP contribution >= 0.6 is 0 Å². The number of carbonyl (C=O) groups is 1. The molecule has 1 fully saturated rings. The quantitative estimate of drug-likeness (QED) is 0.245. The Labute approximate surface area is 226 Å². The lowest BCUT2D eigenvalue weighted by Gasteiger charge is -2.26. The summed E-state index contributed by atoms with van der Waals surface area (Å²) in [6.07, 6.45) is 7.32. The Morgan fingerprint density at radius 3 is 2.53 bits per heavy atom. The van der Waals surface area contributed by atoms with Crippen molar-refractivity contribution in [2.75, 3.05) is 26.2 Å². The molecule has 0 radical (unpaired) electrons. The van der Waals surface area contributed by atoms with Crippen molar-refractivity contribution < 1.29 is 9.53 Å². The van der Waals surface area contributed by atoms with E-state index < -0.39 is 0 Å². The Kier molecular flexibility index (Phi) is 8.77. The molecule has 0 aliphatic carbocycles. The molecule has 0 bridgehead atoms. The van der Waals surface area contributed by atoms with Gasteiger partial charge >= 0.3 is 0 Å². The number of amides is 1. The molecule has 4 aromatic rings. The molecule has 0 spiro atoms. The van der Waals surface area contributed by atoms with Crippen molar-refractivity contribution in [1.82, 2.24) is 15.2 Å². The molecule has 1 aromatic heterocycles. The summed E-state index contributed by atoms with van der Waals surface area (Å²) in [6, 6.07) is 24.9. The van der Waals surface area contributed by atoms with E-state index in [4.69, 9.17) is 4.74 Å². The third-order valence-electron chi connectivity index (χ3n) is 7.71. The molecule has 198 valence electrons. The van der Waals surface area contributed by atoms with E-state index in [2.05, 4.69) is 70.8 Å². The van der Waals surface area contributed by atoms with E-state index in [1.54, 1.807) is 0 Å². The zero-order chi connectivity index (χ0) is 26.2. The number of ether oxygens (including phenoxy) is 1. The van der Waals surface area contributed by atoms with E-state index in [1.807, 2.05) is 30.3 Å². The Morgan fingerprint density at radius 1 is 0.974 bits per heavy atom. The molecular formula is C33H39N3O2. The predicted molar refractivity (Wildman–Crippen MR) is 155 cm³/mol. The Morgan fingerprint density at radius 2 is 1.76 bits per heavy atom. The van der Waals surface area contributed by atoms with Gasteiger partial charge in [0.25, 0.3) is 0 Å². The minimum absolute atomic E-state index is 0.0472. The second-order valence-corrected chi connectivity index (χ2v) is 10.3. The normalized spacial score (nSPS) is 14.9. The monoisotopic (exact) mass is 509 g/mol. The van der Waals surface area contributed by atoms with Crippen molar-refractivity contribution in [3.63, 3.8) is 0 Å². The van der Waals surface area contributed by atoms with E-state index in [-0.39, 0.29) is 11.8 Å². The molecule has 1 atom stereocenters. The summed E-state index contributed by atoms with van der Waals surface area (Å²) in [7, 11) is 0. The van der Waals surface area contributed by atoms with Gasteiger partial charge in [-0.1, -0.05) is 74.0 Å². The average Bonchev–Trinajstić information content (AvgIpc) is 3.40. The topological polar surface area (TPSA) is 57.4 Å². The van der Waals surface area contributed by atoms with Crippen LogP contribution in [0.4, 0.5) is 0 Å². The fraction of sp³-hybridized carbons (Fsp3) is 0.364. The van der Waals surface area contributed by atoms with E-state index in [9.17, 15) is 4.79 Å². The number of nitrogens with one attached hydrogen (secondary N) is 2. The van der Waals surface area contributed by atoms with Gasteiger partial charge in [0.15, 0.2) is 0 Å². The molecule has 1 unspecified atom stereocenters. The molecule has 2 N–H and O–H groups in total. The number of benzene rings is 3. The Bertz CT molecular complexity index is 1310. The minimum Gasteiger partial charge on any atom is -0.489 e. The van der Waals surface area contributed by atoms with Gasteiger partial charge in [-0.3, -0.25) is 4.79 Å². The lowest BCUT2D eigenvalue weighted by atomic mass is 9.87. The largest absolute Gasteiger partial charge is 0.489 e. The van der Waals surface area contributed by atoms with Gasteiger partial charge in [-0.2, -0.15) is 0 Å². The molecule has 38 heavy (non-hydrogen) atoms. The summed E-state index contributed by atoms with van der Waals surface area (Å²) < 4.78 is 6.02. The summed E-state index contributed by atoms with van der Waals surface area (Å²) in [6.45, 7) is 6.63. The second-order valence-electron chi connectivity index (χ2n) is 10.3. The van der Waals surface area contributed by atoms with Crippen LogP contribution in [0.1, 0.15) is 60.8 Å². The van der Waals surface area contributed by atoms with Crippen LogP contribution in [0.5, 0.6) is 5.75 Å². The van der Waals surface area contributed by atoms with E-state index >= 15 is 0 Å². The maximum Gasteiger partial charge on any atom is 0.220 e. The van der Waals surface area contributed by atoms with Crippen LogP contribution in [-0.2, 0) is 17.8 Å². The lowest BCUT2D eigenvalue weighted by Crippen LogP contribution is -2.38. The molecule has 5 nitrogen and oxygen atoms in total. The summed E-state index contributed by atoms with van der Waals surface area (Å²) in [5, 5.41) is 4.39. The van der Waals surface area contributed by atoms with E-state index in [1.165, 1.54) is 41.3 Å². The molecule has 1 amide bonds. The SMILES string of the molecule is CCc1cccc2c(C(CC(=O)NCCN3CCCCC3)c3ccc(OCc4ccccc4)cc3)c[nH]c12. The van der Waals surface area contributed by atoms with Crippen molar-refractivity contribution in [2.45, 2.75) is 51.6 Å². The summed E-state index contributed by atoms with van der Waals surface area (Å²) in [5.41, 5.74) is 5.89. The third kappa shape index (κ3) is 6.46. The van der Waals surface area contributed by atoms with Gasteiger partial charge in [0.1, 0.15) is 12.4 Å². The molecule has 5 rings (SSSR count). The van der Waals surface area contributed by atoms with Crippen LogP contribution in [0.3, 0.4) is 0 Å². The molecule has 3 aromatic carbocycles. The fourth-order valence-corrected chi connectivity index (χ4v) is 5.56. The third-order valence-corrected chi connectivity index (χ3v) is 7.71. The van der Waals surface area contributed by atoms with Gasteiger partial charge < -0.3 is 19.9 Å². The highest BCUT2D eigenvalue weighted by Crippen LogP contribution is 2.35. The van der Waals surface area contributed by atoms with Crippen molar-refractivity contribution in [3.8, 4) is 5.75 Å². The molecule has 0 saturated carbocycles. The van der Waals surface area contributed by atoms with E-state index in [0.29, 0.717) is 19.6 Å². The number of aryl methyl sites for hydroxylation is 1. The number of rotatable bonds is 11. The average molecular weight is 510 g/mol. The first-order chi connectivity index (χ1) is 18.7. The summed E-state index contributed by atoms with van der Waals surface area (Å²) >= 11 is 0. The second kappa shape index (κ2) is 12.8. The number of likely N-dealkylation sites (tertiary alicyclic amines) is 1. The lowest BCUT2D eigenvalue weighted by molar-refractivity contribution is -0.121. The summed E-state index contributed by atoms with van der Waals surface area (Å²) in [5.74, 6) is 0.876. The van der Waals surface area contributed by atoms with Crippen LogP contribution in [0.15, 0.2) is 79.0 Å². The number of hydrogen-bond donors (Lipinski definition) is 2. The first kappa shape index (κ1) is 26.1. The van der Waals surface area contributed by atoms with Crippen LogP contribution in [-0.4, -0.2) is 42.0 Å². The minimum atomic E-state index is -0.0472. The summed E-state index contributed by atoms with van der Waals surface area (Å²) in [4.78, 5) is 19.1. The van der Waals surface area contributed by atoms with Gasteiger partial charge in [-0.15, -0.1) is 0 Å². The molecule has 1 aliphatic heterocycles. The number of H-pyrrole nitrogens is 1. The van der Waals surface area contributed by atoms with Crippen molar-refractivity contribution >= 4 is 16.8 Å². The van der Waals surface area contributed by atoms with Gasteiger partial charge in [-0.05, 0) is 66.7 Å². The number of para-hydroxylation sites is 1. The van der Waals surface area contributed by atoms with Crippen molar-refractivity contribution in [2.24, 2.45) is 0 Å². The fourth-order valence-electron chi connectivity index (χ4n) is 5.56. The Hall–Kier alpha value is -3.57. The molecule has 1 saturated heterocycles. The standard InChI is InChI=1S/C33H39N3O2/c1-2-26-12-9-13-29-31(23-35-33(26)29)30(22-32(37)34-18-21-36-19-7-4-8-20-36)27-14-16-28(17-15-27)38-24-25-10-5-3-6-11-25/h3,5-6,9-17,23,30,35H,2,4,7-8,18-22,24H2,1H3,(H,34,37). The van der Waals surface area contributed by atoms with Crippen LogP contribution in [0.25, 0.3) is 10.9 Å². The smallest absolute Gasteiger partial charge is 0.220 e. The van der Waals surface area contributed by atoms with Crippen LogP contribution < -0.4 is 10.1 Å². The first-order valence-corrected chi connectivity index (χ1v) is 14.1. The predicted octanol–water partition coefficient (Wildman–Crippen LogP) is 6.43. The number of fused-ring (bicyclic) bond motifs is 1. The number of hydrogen-bond acceptors (Lipinski definition) is 3. The number of nitrogens with zero attached hydrogens (tertiary/aromatic N) is 1. The number of piperidine rings is 1. The van der Waals surface area contributed by atoms with Crippen LogP contribution in [0, 0.1) is 0 Å². The number of aromatic nitrogens is 1. The highest BCUT2D eigenvalue weighted by atomic mass is 16.5. The van der Waals surface area contributed by atoms with E-state index in [0.717, 1.165) is 42.9 Å². The van der Waals surface area contributed by atoms with Crippen LogP contribution in [0.2, 0.25) is 0 Å². The maximum atomic E-state index is 13.2. The van der Waals surface area contributed by atoms with Gasteiger partial charge in [-0.25, -0.2) is 0 Å². The highest BCUT2D eigenvalue weighted by Gasteiger charge is 2.22. The Balaban J connectivity index is 1.32.